The van der Waals surface area contributed by atoms with Crippen molar-refractivity contribution in [1.29, 1.82) is 0 Å². The molecule has 0 aliphatic heterocycles. The van der Waals surface area contributed by atoms with Crippen LogP contribution >= 0.6 is 0 Å². The van der Waals surface area contributed by atoms with Gasteiger partial charge in [-0.3, -0.25) is 9.36 Å². The smallest absolute Gasteiger partial charge is 0.228 e. The van der Waals surface area contributed by atoms with Gasteiger partial charge in [0.05, 0.1) is 16.7 Å². The van der Waals surface area contributed by atoms with Gasteiger partial charge < -0.3 is 5.32 Å². The Morgan fingerprint density at radius 3 is 2.90 bits per heavy atom. The molecule has 5 heteroatoms. The molecular weight excluding hydrogens is 264 g/mol. The topological polar surface area (TPSA) is 59.8 Å². The average Bonchev–Trinajstić information content (AvgIpc) is 3.27. The Balaban J connectivity index is 1.70. The van der Waals surface area contributed by atoms with E-state index in [9.17, 15) is 4.79 Å². The predicted octanol–water partition coefficient (Wildman–Crippen LogP) is 2.77. The molecule has 1 amide bonds. The van der Waals surface area contributed by atoms with Gasteiger partial charge in [-0.25, -0.2) is 9.97 Å². The quantitative estimate of drug-likeness (QED) is 0.801. The zero-order valence-corrected chi connectivity index (χ0v) is 11.4. The first-order chi connectivity index (χ1) is 10.3. The summed E-state index contributed by atoms with van der Waals surface area (Å²) in [6.45, 7) is 0. The third kappa shape index (κ3) is 2.27. The lowest BCUT2D eigenvalue weighted by Gasteiger charge is -2.07. The van der Waals surface area contributed by atoms with E-state index in [4.69, 9.17) is 0 Å². The molecule has 4 rings (SSSR count). The third-order valence-electron chi connectivity index (χ3n) is 3.67. The molecule has 5 nitrogen and oxygen atoms in total. The monoisotopic (exact) mass is 278 g/mol. The Morgan fingerprint density at radius 2 is 2.05 bits per heavy atom. The van der Waals surface area contributed by atoms with E-state index in [2.05, 4.69) is 15.3 Å². The number of amides is 1. The van der Waals surface area contributed by atoms with E-state index in [1.54, 1.807) is 12.5 Å². The summed E-state index contributed by atoms with van der Waals surface area (Å²) in [4.78, 5) is 20.4. The zero-order chi connectivity index (χ0) is 14.2. The Bertz CT molecular complexity index is 820. The first kappa shape index (κ1) is 12.1. The molecular formula is C16H14N4O. The molecule has 3 aromatic rings. The molecule has 1 N–H and O–H groups in total. The summed E-state index contributed by atoms with van der Waals surface area (Å²) < 4.78 is 1.99. The van der Waals surface area contributed by atoms with Crippen molar-refractivity contribution in [3.63, 3.8) is 0 Å². The van der Waals surface area contributed by atoms with Crippen molar-refractivity contribution in [2.24, 2.45) is 5.92 Å². The minimum atomic E-state index is 0.0649. The number of rotatable bonds is 3. The lowest BCUT2D eigenvalue weighted by Crippen LogP contribution is -2.14. The summed E-state index contributed by atoms with van der Waals surface area (Å²) in [5.41, 5.74) is 2.91. The summed E-state index contributed by atoms with van der Waals surface area (Å²) in [7, 11) is 0. The number of para-hydroxylation sites is 2. The van der Waals surface area contributed by atoms with Crippen molar-refractivity contribution in [2.75, 3.05) is 5.32 Å². The highest BCUT2D eigenvalue weighted by Gasteiger charge is 2.29. The summed E-state index contributed by atoms with van der Waals surface area (Å²) >= 11 is 0. The standard InChI is InChI=1S/C16H14N4O/c21-16(11-5-6-11)19-15-9-12(7-8-17-15)20-10-18-13-3-1-2-4-14(13)20/h1-4,7-11H,5-6H2,(H,17,19,21). The number of hydrogen-bond acceptors (Lipinski definition) is 3. The fraction of sp³-hybridized carbons (Fsp3) is 0.188. The van der Waals surface area contributed by atoms with E-state index < -0.39 is 0 Å². The van der Waals surface area contributed by atoms with Crippen LogP contribution < -0.4 is 5.32 Å². The van der Waals surface area contributed by atoms with Gasteiger partial charge in [-0.2, -0.15) is 0 Å². The predicted molar refractivity (Wildman–Crippen MR) is 80.2 cm³/mol. The highest BCUT2D eigenvalue weighted by atomic mass is 16.2. The van der Waals surface area contributed by atoms with E-state index >= 15 is 0 Å². The van der Waals surface area contributed by atoms with E-state index in [0.29, 0.717) is 5.82 Å². The second kappa shape index (κ2) is 4.70. The summed E-state index contributed by atoms with van der Waals surface area (Å²) in [6, 6.07) is 11.7. The van der Waals surface area contributed by atoms with Gasteiger partial charge in [-0.1, -0.05) is 12.1 Å². The Morgan fingerprint density at radius 1 is 1.19 bits per heavy atom. The van der Waals surface area contributed by atoms with Crippen LogP contribution in [0.2, 0.25) is 0 Å². The van der Waals surface area contributed by atoms with Crippen molar-refractivity contribution in [1.82, 2.24) is 14.5 Å². The van der Waals surface area contributed by atoms with Crippen LogP contribution in [0.25, 0.3) is 16.7 Å². The highest BCUT2D eigenvalue weighted by molar-refractivity contribution is 5.93. The average molecular weight is 278 g/mol. The minimum absolute atomic E-state index is 0.0649. The first-order valence-electron chi connectivity index (χ1n) is 7.01. The molecule has 0 radical (unpaired) electrons. The first-order valence-corrected chi connectivity index (χ1v) is 7.01. The SMILES string of the molecule is O=C(Nc1cc(-n2cnc3ccccc32)ccn1)C1CC1. The number of carbonyl (C=O) groups is 1. The number of benzene rings is 1. The number of anilines is 1. The lowest BCUT2D eigenvalue weighted by molar-refractivity contribution is -0.117. The molecule has 21 heavy (non-hydrogen) atoms. The Kier molecular flexibility index (Phi) is 2.70. The molecule has 0 saturated heterocycles. The van der Waals surface area contributed by atoms with E-state index in [-0.39, 0.29) is 11.8 Å². The number of carbonyl (C=O) groups excluding carboxylic acids is 1. The van der Waals surface area contributed by atoms with Crippen LogP contribution in [-0.2, 0) is 4.79 Å². The van der Waals surface area contributed by atoms with Crippen LogP contribution in [0.3, 0.4) is 0 Å². The molecule has 1 fully saturated rings. The molecule has 2 heterocycles. The molecule has 1 aliphatic carbocycles. The Hall–Kier alpha value is -2.69. The van der Waals surface area contributed by atoms with Gasteiger partial charge in [0.25, 0.3) is 0 Å². The summed E-state index contributed by atoms with van der Waals surface area (Å²) in [5.74, 6) is 0.821. The number of pyridine rings is 1. The fourth-order valence-corrected chi connectivity index (χ4v) is 2.38. The third-order valence-corrected chi connectivity index (χ3v) is 3.67. The van der Waals surface area contributed by atoms with Gasteiger partial charge in [-0.05, 0) is 31.0 Å². The van der Waals surface area contributed by atoms with Crippen LogP contribution in [0.15, 0.2) is 48.9 Å². The van der Waals surface area contributed by atoms with Gasteiger partial charge in [0.15, 0.2) is 0 Å². The van der Waals surface area contributed by atoms with Gasteiger partial charge in [0.1, 0.15) is 12.1 Å². The van der Waals surface area contributed by atoms with Crippen LogP contribution in [-0.4, -0.2) is 20.4 Å². The van der Waals surface area contributed by atoms with Crippen molar-refractivity contribution < 1.29 is 4.79 Å². The number of aromatic nitrogens is 3. The van der Waals surface area contributed by atoms with E-state index in [0.717, 1.165) is 29.6 Å². The van der Waals surface area contributed by atoms with E-state index in [1.807, 2.05) is 41.0 Å². The summed E-state index contributed by atoms with van der Waals surface area (Å²) in [6.07, 6.45) is 5.45. The molecule has 2 aromatic heterocycles. The second-order valence-corrected chi connectivity index (χ2v) is 5.27. The molecule has 0 atom stereocenters. The molecule has 0 spiro atoms. The number of imidazole rings is 1. The maximum absolute atomic E-state index is 11.8. The molecule has 1 aliphatic rings. The maximum Gasteiger partial charge on any atom is 0.228 e. The molecule has 0 unspecified atom stereocenters. The normalized spacial score (nSPS) is 14.3. The molecule has 1 saturated carbocycles. The van der Waals surface area contributed by atoms with Gasteiger partial charge >= 0.3 is 0 Å². The highest BCUT2D eigenvalue weighted by Crippen LogP contribution is 2.30. The van der Waals surface area contributed by atoms with E-state index in [1.165, 1.54) is 0 Å². The fourth-order valence-electron chi connectivity index (χ4n) is 2.38. The zero-order valence-electron chi connectivity index (χ0n) is 11.4. The lowest BCUT2D eigenvalue weighted by atomic mass is 10.3. The van der Waals surface area contributed by atoms with Crippen molar-refractivity contribution in [3.05, 3.63) is 48.9 Å². The van der Waals surface area contributed by atoms with Crippen LogP contribution in [0.4, 0.5) is 5.82 Å². The van der Waals surface area contributed by atoms with Crippen LogP contribution in [0, 0.1) is 5.92 Å². The van der Waals surface area contributed by atoms with Crippen LogP contribution in [0.5, 0.6) is 0 Å². The van der Waals surface area contributed by atoms with Crippen LogP contribution in [0.1, 0.15) is 12.8 Å². The number of nitrogens with one attached hydrogen (secondary N) is 1. The van der Waals surface area contributed by atoms with Crippen molar-refractivity contribution in [2.45, 2.75) is 12.8 Å². The van der Waals surface area contributed by atoms with Gasteiger partial charge in [-0.15, -0.1) is 0 Å². The van der Waals surface area contributed by atoms with Gasteiger partial charge in [0, 0.05) is 18.2 Å². The molecule has 104 valence electrons. The second-order valence-electron chi connectivity index (χ2n) is 5.27. The van der Waals surface area contributed by atoms with Crippen molar-refractivity contribution >= 4 is 22.8 Å². The van der Waals surface area contributed by atoms with Gasteiger partial charge in [0.2, 0.25) is 5.91 Å². The van der Waals surface area contributed by atoms with Crippen molar-refractivity contribution in [3.8, 4) is 5.69 Å². The number of fused-ring (bicyclic) bond motifs is 1. The largest absolute Gasteiger partial charge is 0.310 e. The Labute approximate surface area is 121 Å². The number of nitrogens with zero attached hydrogens (tertiary/aromatic N) is 3. The maximum atomic E-state index is 11.8. The molecule has 1 aromatic carbocycles. The molecule has 0 bridgehead atoms. The number of hydrogen-bond donors (Lipinski definition) is 1. The summed E-state index contributed by atoms with van der Waals surface area (Å²) in [5, 5.41) is 2.87. The minimum Gasteiger partial charge on any atom is -0.310 e.